The van der Waals surface area contributed by atoms with E-state index in [1.165, 1.54) is 13.4 Å². The topological polar surface area (TPSA) is 38.7 Å². The molecule has 0 radical (unpaired) electrons. The predicted molar refractivity (Wildman–Crippen MR) is 56.0 cm³/mol. The molecule has 4 heteroatoms. The second kappa shape index (κ2) is 4.04. The highest BCUT2D eigenvalue weighted by Gasteiger charge is 2.38. The van der Waals surface area contributed by atoms with Gasteiger partial charge in [0.05, 0.1) is 7.11 Å². The first-order valence-corrected chi connectivity index (χ1v) is 7.22. The van der Waals surface area contributed by atoms with Crippen LogP contribution in [0.3, 0.4) is 0 Å². The zero-order chi connectivity index (χ0) is 10.7. The quantitative estimate of drug-likeness (QED) is 0.567. The summed E-state index contributed by atoms with van der Waals surface area (Å²) in [5.41, 5.74) is 0. The van der Waals surface area contributed by atoms with Gasteiger partial charge in [-0.1, -0.05) is 20.8 Å². The Labute approximate surface area is 81.5 Å². The molecule has 13 heavy (non-hydrogen) atoms. The molecule has 0 aliphatic rings. The van der Waals surface area contributed by atoms with Crippen LogP contribution in [-0.2, 0) is 9.16 Å². The van der Waals surface area contributed by atoms with E-state index in [0.717, 1.165) is 0 Å². The largest absolute Gasteiger partial charge is 0.544 e. The average molecular weight is 204 g/mol. The molecule has 78 valence electrons. The van der Waals surface area contributed by atoms with Crippen molar-refractivity contribution in [2.75, 3.05) is 7.11 Å². The highest BCUT2D eigenvalue weighted by atomic mass is 28.4. The summed E-state index contributed by atoms with van der Waals surface area (Å²) in [6, 6.07) is 0. The molecular formula is C9H20O3Si. The molecule has 0 amide bonds. The van der Waals surface area contributed by atoms with Gasteiger partial charge in [-0.05, 0) is 18.1 Å². The van der Waals surface area contributed by atoms with E-state index in [2.05, 4.69) is 38.6 Å². The minimum absolute atomic E-state index is 0.136. The maximum atomic E-state index is 9.02. The third kappa shape index (κ3) is 3.72. The summed E-state index contributed by atoms with van der Waals surface area (Å²) in [6.07, 6.45) is 1.29. The van der Waals surface area contributed by atoms with Crippen molar-refractivity contribution in [1.82, 2.24) is 0 Å². The van der Waals surface area contributed by atoms with E-state index in [4.69, 9.17) is 9.53 Å². The number of aliphatic hydroxyl groups is 1. The number of hydrogen-bond acceptors (Lipinski definition) is 3. The van der Waals surface area contributed by atoms with Crippen molar-refractivity contribution in [3.63, 3.8) is 0 Å². The first-order valence-electron chi connectivity index (χ1n) is 4.31. The Balaban J connectivity index is 4.36. The van der Waals surface area contributed by atoms with Crippen LogP contribution in [0.5, 0.6) is 0 Å². The number of rotatable bonds is 3. The lowest BCUT2D eigenvalue weighted by Gasteiger charge is -2.34. The first kappa shape index (κ1) is 12.4. The van der Waals surface area contributed by atoms with Crippen molar-refractivity contribution in [2.24, 2.45) is 0 Å². The predicted octanol–water partition coefficient (Wildman–Crippen LogP) is 3.01. The van der Waals surface area contributed by atoms with Crippen LogP contribution in [0.15, 0.2) is 12.2 Å². The van der Waals surface area contributed by atoms with Crippen LogP contribution < -0.4 is 0 Å². The highest BCUT2D eigenvalue weighted by molar-refractivity contribution is 6.74. The lowest BCUT2D eigenvalue weighted by Crippen LogP contribution is -2.39. The molecule has 0 aliphatic carbocycles. The SMILES string of the molecule is CO/C(O)=C/O[Si](C)(C)C(C)(C)C. The molecule has 0 fully saturated rings. The monoisotopic (exact) mass is 204 g/mol. The molecule has 0 saturated carbocycles. The van der Waals surface area contributed by atoms with Gasteiger partial charge in [-0.25, -0.2) is 0 Å². The molecule has 0 saturated heterocycles. The van der Waals surface area contributed by atoms with Gasteiger partial charge < -0.3 is 14.3 Å². The fraction of sp³-hybridized carbons (Fsp3) is 0.778. The molecule has 0 spiro atoms. The number of ether oxygens (including phenoxy) is 1. The zero-order valence-electron chi connectivity index (χ0n) is 9.34. The Morgan fingerprint density at radius 1 is 1.31 bits per heavy atom. The number of hydrogen-bond donors (Lipinski definition) is 1. The van der Waals surface area contributed by atoms with Crippen molar-refractivity contribution in [3.05, 3.63) is 12.2 Å². The van der Waals surface area contributed by atoms with E-state index in [0.29, 0.717) is 0 Å². The lowest BCUT2D eigenvalue weighted by molar-refractivity contribution is 0.123. The summed E-state index contributed by atoms with van der Waals surface area (Å²) in [5, 5.41) is 9.16. The van der Waals surface area contributed by atoms with Gasteiger partial charge in [0.15, 0.2) is 0 Å². The van der Waals surface area contributed by atoms with Gasteiger partial charge in [-0.3, -0.25) is 0 Å². The van der Waals surface area contributed by atoms with Crippen molar-refractivity contribution >= 4 is 8.32 Å². The Bertz CT molecular complexity index is 192. The van der Waals surface area contributed by atoms with Crippen LogP contribution in [-0.4, -0.2) is 20.5 Å². The van der Waals surface area contributed by atoms with Crippen LogP contribution in [0, 0.1) is 0 Å². The first-order chi connectivity index (χ1) is 5.70. The average Bonchev–Trinajstić information content (AvgIpc) is 1.98. The van der Waals surface area contributed by atoms with Gasteiger partial charge in [0.2, 0.25) is 8.32 Å². The van der Waals surface area contributed by atoms with Gasteiger partial charge in [0.1, 0.15) is 6.26 Å². The van der Waals surface area contributed by atoms with Crippen molar-refractivity contribution in [1.29, 1.82) is 0 Å². The normalized spacial score (nSPS) is 14.2. The van der Waals surface area contributed by atoms with Crippen LogP contribution in [0.4, 0.5) is 0 Å². The minimum Gasteiger partial charge on any atom is -0.544 e. The lowest BCUT2D eigenvalue weighted by atomic mass is 10.2. The van der Waals surface area contributed by atoms with E-state index < -0.39 is 8.32 Å². The molecule has 0 aromatic heterocycles. The summed E-state index contributed by atoms with van der Waals surface area (Å²) < 4.78 is 10.1. The van der Waals surface area contributed by atoms with E-state index in [9.17, 15) is 0 Å². The molecule has 3 nitrogen and oxygen atoms in total. The van der Waals surface area contributed by atoms with E-state index in [-0.39, 0.29) is 11.0 Å². The van der Waals surface area contributed by atoms with Crippen LogP contribution >= 0.6 is 0 Å². The Morgan fingerprint density at radius 3 is 2.08 bits per heavy atom. The van der Waals surface area contributed by atoms with E-state index in [1.807, 2.05) is 0 Å². The van der Waals surface area contributed by atoms with Crippen molar-refractivity contribution in [2.45, 2.75) is 38.9 Å². The second-order valence-electron chi connectivity index (χ2n) is 4.54. The molecule has 0 rings (SSSR count). The van der Waals surface area contributed by atoms with Gasteiger partial charge >= 0.3 is 5.95 Å². The number of aliphatic hydroxyl groups excluding tert-OH is 1. The standard InChI is InChI=1S/C9H20O3Si/c1-9(2,3)13(5,6)12-7-8(10)11-4/h7,10H,1-6H3/b8-7+. The molecule has 0 unspecified atom stereocenters. The third-order valence-electron chi connectivity index (χ3n) is 2.47. The maximum absolute atomic E-state index is 9.02. The molecule has 0 atom stereocenters. The molecular weight excluding hydrogens is 184 g/mol. The van der Waals surface area contributed by atoms with Crippen LogP contribution in [0.1, 0.15) is 20.8 Å². The van der Waals surface area contributed by atoms with Gasteiger partial charge in [0, 0.05) is 0 Å². The fourth-order valence-electron chi connectivity index (χ4n) is 0.423. The molecule has 0 aromatic rings. The Morgan fingerprint density at radius 2 is 1.77 bits per heavy atom. The molecule has 0 bridgehead atoms. The molecule has 0 aliphatic heterocycles. The highest BCUT2D eigenvalue weighted by Crippen LogP contribution is 2.36. The fourth-order valence-corrected chi connectivity index (χ4v) is 1.17. The Hall–Kier alpha value is -0.643. The second-order valence-corrected chi connectivity index (χ2v) is 9.29. The van der Waals surface area contributed by atoms with Gasteiger partial charge in [-0.15, -0.1) is 0 Å². The van der Waals surface area contributed by atoms with Crippen molar-refractivity contribution < 1.29 is 14.3 Å². The Kier molecular flexibility index (Phi) is 3.84. The summed E-state index contributed by atoms with van der Waals surface area (Å²) in [5.74, 6) is -0.176. The number of methoxy groups -OCH3 is 1. The van der Waals surface area contributed by atoms with Crippen LogP contribution in [0.25, 0.3) is 0 Å². The summed E-state index contributed by atoms with van der Waals surface area (Å²) in [7, 11) is -0.397. The van der Waals surface area contributed by atoms with Crippen molar-refractivity contribution in [3.8, 4) is 0 Å². The smallest absolute Gasteiger partial charge is 0.311 e. The van der Waals surface area contributed by atoms with E-state index >= 15 is 0 Å². The summed E-state index contributed by atoms with van der Waals surface area (Å²) >= 11 is 0. The van der Waals surface area contributed by atoms with Gasteiger partial charge in [-0.2, -0.15) is 0 Å². The van der Waals surface area contributed by atoms with E-state index in [1.54, 1.807) is 0 Å². The minimum atomic E-state index is -1.80. The third-order valence-corrected chi connectivity index (χ3v) is 6.79. The van der Waals surface area contributed by atoms with Crippen LogP contribution in [0.2, 0.25) is 18.1 Å². The zero-order valence-corrected chi connectivity index (χ0v) is 10.3. The summed E-state index contributed by atoms with van der Waals surface area (Å²) in [6.45, 7) is 10.6. The molecule has 0 heterocycles. The summed E-state index contributed by atoms with van der Waals surface area (Å²) in [4.78, 5) is 0. The molecule has 0 aromatic carbocycles. The molecule has 1 N–H and O–H groups in total. The maximum Gasteiger partial charge on any atom is 0.311 e. The van der Waals surface area contributed by atoms with Gasteiger partial charge in [0.25, 0.3) is 0 Å².